The molecule has 0 bridgehead atoms. The minimum Gasteiger partial charge on any atom is -0.394 e. The third-order valence-electron chi connectivity index (χ3n) is 12.8. The van der Waals surface area contributed by atoms with Crippen LogP contribution in [0, 0.1) is 0 Å². The molecule has 4 saturated heterocycles. The van der Waals surface area contributed by atoms with E-state index >= 15 is 0 Å². The molecular weight excluding hydrogens is 840 g/mol. The molecule has 0 radical (unpaired) electrons. The van der Waals surface area contributed by atoms with Crippen molar-refractivity contribution in [2.45, 2.75) is 155 Å². The highest BCUT2D eigenvalue weighted by molar-refractivity contribution is 5.43. The SMILES string of the molecule is OC[C@H]1O[C@](O)([C@@]2(O)[C@@](O)([C@]3(O)O[C@H](CO)[C@H](O)[C@H](O)[C@H]3O)[C@H](O)[C@H](O)[C@@](O)([C@]3(O)O[C@H](CO)[C@H](O)[C@H](O)[C@H]3O)[C@]2(O)[C@]2(O)O[C@H](CO)[C@H](O)[C@H](O)[C@H]2O)[C@H](O)[C@@H](O)[C@H]1O. The van der Waals surface area contributed by atoms with Gasteiger partial charge in [-0.2, -0.15) is 0 Å². The lowest BCUT2D eigenvalue weighted by Crippen LogP contribution is -3.06. The summed E-state index contributed by atoms with van der Waals surface area (Å²) in [6.07, 6.45) is -57.4. The Morgan fingerprint density at radius 1 is 0.267 bits per heavy atom. The molecule has 0 aromatic carbocycles. The topological polar surface area (TPSA) is 563 Å². The van der Waals surface area contributed by atoms with Crippen molar-refractivity contribution in [2.75, 3.05) is 26.4 Å². The van der Waals surface area contributed by atoms with Crippen molar-refractivity contribution in [1.29, 1.82) is 0 Å². The van der Waals surface area contributed by atoms with Crippen molar-refractivity contribution in [1.82, 2.24) is 0 Å². The van der Waals surface area contributed by atoms with Gasteiger partial charge in [0.2, 0.25) is 23.1 Å². The van der Waals surface area contributed by atoms with E-state index in [1.807, 2.05) is 0 Å². The Bertz CT molecular complexity index is 1430. The second-order valence-electron chi connectivity index (χ2n) is 15.7. The van der Waals surface area contributed by atoms with Gasteiger partial charge in [-0.05, 0) is 0 Å². The summed E-state index contributed by atoms with van der Waals surface area (Å²) in [5.74, 6) is -20.4. The van der Waals surface area contributed by atoms with E-state index in [1.165, 1.54) is 0 Å². The molecule has 4 aliphatic heterocycles. The van der Waals surface area contributed by atoms with Crippen LogP contribution in [-0.2, 0) is 18.9 Å². The summed E-state index contributed by atoms with van der Waals surface area (Å²) in [6, 6.07) is 0. The van der Waals surface area contributed by atoms with Gasteiger partial charge in [0, 0.05) is 0 Å². The highest BCUT2D eigenvalue weighted by atomic mass is 16.7. The number of aliphatic hydroxyl groups excluding tert-OH is 18. The van der Waals surface area contributed by atoms with Gasteiger partial charge in [0.25, 0.3) is 0 Å². The fourth-order valence-electron chi connectivity index (χ4n) is 9.29. The maximum Gasteiger partial charge on any atom is 0.231 e. The molecule has 26 atom stereocenters. The normalized spacial score (nSPS) is 61.7. The molecule has 0 aromatic heterocycles. The first-order valence-electron chi connectivity index (χ1n) is 17.9. The molecule has 26 N–H and O–H groups in total. The fourth-order valence-corrected chi connectivity index (χ4v) is 9.29. The van der Waals surface area contributed by atoms with Crippen LogP contribution in [0.15, 0.2) is 0 Å². The third kappa shape index (κ3) is 5.59. The van der Waals surface area contributed by atoms with Gasteiger partial charge < -0.3 is 152 Å². The van der Waals surface area contributed by atoms with Crippen LogP contribution in [-0.4, -0.2) is 315 Å². The van der Waals surface area contributed by atoms with Gasteiger partial charge in [0.05, 0.1) is 26.4 Å². The first-order valence-corrected chi connectivity index (χ1v) is 17.9. The molecular formula is C30H52O30. The molecule has 30 nitrogen and oxygen atoms in total. The number of hydrogen-bond donors (Lipinski definition) is 26. The Balaban J connectivity index is 2.09. The third-order valence-corrected chi connectivity index (χ3v) is 12.8. The number of hydrogen-bond acceptors (Lipinski definition) is 30. The first kappa shape index (κ1) is 49.8. The molecule has 1 aliphatic carbocycles. The van der Waals surface area contributed by atoms with Gasteiger partial charge in [-0.3, -0.25) is 0 Å². The van der Waals surface area contributed by atoms with Crippen LogP contribution in [0.25, 0.3) is 0 Å². The van der Waals surface area contributed by atoms with Crippen molar-refractivity contribution in [3.63, 3.8) is 0 Å². The molecule has 0 unspecified atom stereocenters. The Morgan fingerprint density at radius 3 is 0.650 bits per heavy atom. The lowest BCUT2D eigenvalue weighted by molar-refractivity contribution is -0.582. The van der Waals surface area contributed by atoms with E-state index in [9.17, 15) is 133 Å². The van der Waals surface area contributed by atoms with Gasteiger partial charge in [-0.1, -0.05) is 0 Å². The molecule has 0 spiro atoms. The van der Waals surface area contributed by atoms with Crippen molar-refractivity contribution in [3.05, 3.63) is 0 Å². The average molecular weight is 893 g/mol. The number of rotatable bonds is 8. The summed E-state index contributed by atoms with van der Waals surface area (Å²) in [7, 11) is 0. The fraction of sp³-hybridized carbons (Fsp3) is 1.00. The largest absolute Gasteiger partial charge is 0.394 e. The van der Waals surface area contributed by atoms with Crippen molar-refractivity contribution >= 4 is 0 Å². The molecule has 5 rings (SSSR count). The molecule has 60 heavy (non-hydrogen) atoms. The summed E-state index contributed by atoms with van der Waals surface area (Å²) in [4.78, 5) is 0. The summed E-state index contributed by atoms with van der Waals surface area (Å²) < 4.78 is 20.1. The van der Waals surface area contributed by atoms with E-state index in [4.69, 9.17) is 18.9 Å². The van der Waals surface area contributed by atoms with Crippen LogP contribution in [0.3, 0.4) is 0 Å². The van der Waals surface area contributed by atoms with Gasteiger partial charge in [0.15, 0.2) is 22.4 Å². The second-order valence-corrected chi connectivity index (χ2v) is 15.7. The van der Waals surface area contributed by atoms with Gasteiger partial charge in [0.1, 0.15) is 110 Å². The van der Waals surface area contributed by atoms with Gasteiger partial charge >= 0.3 is 0 Å². The Morgan fingerprint density at radius 2 is 0.450 bits per heavy atom. The smallest absolute Gasteiger partial charge is 0.231 e. The summed E-state index contributed by atoms with van der Waals surface area (Å²) >= 11 is 0. The average Bonchev–Trinajstić information content (AvgIpc) is 3.23. The predicted molar refractivity (Wildman–Crippen MR) is 172 cm³/mol. The summed E-state index contributed by atoms with van der Waals surface area (Å²) in [5.41, 5.74) is -23.0. The van der Waals surface area contributed by atoms with Crippen molar-refractivity contribution in [2.24, 2.45) is 0 Å². The monoisotopic (exact) mass is 892 g/mol. The molecule has 30 heteroatoms. The maximum absolute atomic E-state index is 13.4. The Labute approximate surface area is 333 Å². The molecule has 0 amide bonds. The predicted octanol–water partition coefficient (Wildman–Crippen LogP) is -17.7. The molecule has 352 valence electrons. The zero-order valence-corrected chi connectivity index (χ0v) is 30.5. The lowest BCUT2D eigenvalue weighted by atomic mass is 9.42. The van der Waals surface area contributed by atoms with Gasteiger partial charge in [-0.25, -0.2) is 0 Å². The highest BCUT2D eigenvalue weighted by Gasteiger charge is 2.99. The van der Waals surface area contributed by atoms with Gasteiger partial charge in [-0.15, -0.1) is 0 Å². The Hall–Kier alpha value is -1.20. The van der Waals surface area contributed by atoms with Crippen LogP contribution in [0.4, 0.5) is 0 Å². The standard InChI is InChI=1S/C30H52O30/c31-1-5-9(35)13(39)17(43)25(51,57-5)23(49)21(47)22(48)24(50,26(52)18(44)14(40)10(36)6(2-32)58-26)30(56,28(54)20(46)16(42)12(38)8(4-34)60-28)29(23,55)27(53)19(45)15(41)11(37)7(3-33)59-27/h5-22,31-56H,1-4H2/t5-,6-,7-,8-,9+,10+,11+,12+,13+,14+,15+,16+,17-,18-,19-,20-,21-,22+,23+,24-,25-,26-,27+,28-,29+,30+/m1/s1. The van der Waals surface area contributed by atoms with E-state index in [-0.39, 0.29) is 0 Å². The van der Waals surface area contributed by atoms with Crippen LogP contribution in [0.1, 0.15) is 0 Å². The van der Waals surface area contributed by atoms with Crippen LogP contribution in [0.5, 0.6) is 0 Å². The molecule has 0 aromatic rings. The van der Waals surface area contributed by atoms with Crippen molar-refractivity contribution in [3.8, 4) is 0 Å². The second kappa shape index (κ2) is 15.8. The maximum atomic E-state index is 13.4. The molecule has 5 aliphatic rings. The minimum atomic E-state index is -5.97. The van der Waals surface area contributed by atoms with E-state index in [2.05, 4.69) is 0 Å². The van der Waals surface area contributed by atoms with E-state index < -0.39 is 182 Å². The summed E-state index contributed by atoms with van der Waals surface area (Å²) in [5, 5.41) is 297. The zero-order chi connectivity index (χ0) is 46.0. The first-order chi connectivity index (χ1) is 27.4. The zero-order valence-electron chi connectivity index (χ0n) is 30.5. The quantitative estimate of drug-likeness (QED) is 0.108. The van der Waals surface area contributed by atoms with Crippen LogP contribution >= 0.6 is 0 Å². The summed E-state index contributed by atoms with van der Waals surface area (Å²) in [6.45, 7) is -6.75. The highest BCUT2D eigenvalue weighted by Crippen LogP contribution is 2.67. The van der Waals surface area contributed by atoms with Crippen molar-refractivity contribution < 1.29 is 152 Å². The molecule has 1 saturated carbocycles. The Kier molecular flexibility index (Phi) is 13.1. The number of ether oxygens (including phenoxy) is 4. The van der Waals surface area contributed by atoms with Crippen LogP contribution in [0.2, 0.25) is 0 Å². The van der Waals surface area contributed by atoms with E-state index in [0.717, 1.165) is 0 Å². The van der Waals surface area contributed by atoms with E-state index in [0.29, 0.717) is 0 Å². The van der Waals surface area contributed by atoms with E-state index in [1.54, 1.807) is 0 Å². The van der Waals surface area contributed by atoms with Crippen LogP contribution < -0.4 is 0 Å². The minimum absolute atomic E-state index is 1.65. The lowest BCUT2D eigenvalue weighted by Gasteiger charge is -2.76. The number of aliphatic hydroxyl groups is 26. The molecule has 4 heterocycles. The molecule has 5 fully saturated rings.